The predicted octanol–water partition coefficient (Wildman–Crippen LogP) is 18.7. The Balaban J connectivity index is 4.33. The van der Waals surface area contributed by atoms with Crippen molar-refractivity contribution in [3.63, 3.8) is 0 Å². The van der Waals surface area contributed by atoms with E-state index in [1.165, 1.54) is 167 Å². The minimum Gasteiger partial charge on any atom is -0.462 e. The van der Waals surface area contributed by atoms with Crippen molar-refractivity contribution in [2.75, 3.05) is 13.2 Å². The Kier molecular flexibility index (Phi) is 51.8. The highest BCUT2D eigenvalue weighted by molar-refractivity contribution is 5.71. The number of esters is 3. The summed E-state index contributed by atoms with van der Waals surface area (Å²) in [5, 5.41) is 0. The first-order chi connectivity index (χ1) is 32.0. The average molecular weight is 911 g/mol. The molecule has 65 heavy (non-hydrogen) atoms. The highest BCUT2D eigenvalue weighted by Gasteiger charge is 2.19. The molecule has 0 heterocycles. The normalized spacial score (nSPS) is 12.4. The lowest BCUT2D eigenvalue weighted by atomic mass is 10.0. The Hall–Kier alpha value is -2.63. The fraction of sp³-hybridized carbons (Fsp3) is 0.814. The second-order valence-corrected chi connectivity index (χ2v) is 18.9. The number of unbranched alkanes of at least 4 members (excludes halogenated alkanes) is 34. The van der Waals surface area contributed by atoms with E-state index in [1.807, 2.05) is 0 Å². The molecular weight excluding hydrogens is 805 g/mol. The van der Waals surface area contributed by atoms with Crippen LogP contribution in [0.15, 0.2) is 48.6 Å². The fourth-order valence-electron chi connectivity index (χ4n) is 8.14. The molecule has 0 saturated carbocycles. The molecule has 6 heteroatoms. The number of ether oxygens (including phenoxy) is 3. The van der Waals surface area contributed by atoms with Gasteiger partial charge in [-0.15, -0.1) is 0 Å². The van der Waals surface area contributed by atoms with E-state index >= 15 is 0 Å². The number of carbonyl (C=O) groups excluding carboxylic acids is 3. The van der Waals surface area contributed by atoms with Crippen molar-refractivity contribution in [2.24, 2.45) is 0 Å². The van der Waals surface area contributed by atoms with E-state index in [1.54, 1.807) is 0 Å². The third-order valence-electron chi connectivity index (χ3n) is 12.4. The summed E-state index contributed by atoms with van der Waals surface area (Å²) in [4.78, 5) is 38.1. The van der Waals surface area contributed by atoms with Gasteiger partial charge in [-0.1, -0.05) is 256 Å². The van der Waals surface area contributed by atoms with Crippen LogP contribution in [-0.4, -0.2) is 37.2 Å². The molecule has 0 aliphatic rings. The largest absolute Gasteiger partial charge is 0.462 e. The van der Waals surface area contributed by atoms with E-state index in [2.05, 4.69) is 69.4 Å². The molecule has 0 fully saturated rings. The molecule has 0 amide bonds. The van der Waals surface area contributed by atoms with Gasteiger partial charge < -0.3 is 14.2 Å². The molecule has 0 aromatic rings. The summed E-state index contributed by atoms with van der Waals surface area (Å²) in [6, 6.07) is 0. The van der Waals surface area contributed by atoms with E-state index in [-0.39, 0.29) is 31.1 Å². The van der Waals surface area contributed by atoms with Crippen molar-refractivity contribution in [1.29, 1.82) is 0 Å². The average Bonchev–Trinajstić information content (AvgIpc) is 3.30. The zero-order chi connectivity index (χ0) is 47.2. The molecule has 1 atom stereocenters. The van der Waals surface area contributed by atoms with Crippen LogP contribution in [0.1, 0.15) is 290 Å². The van der Waals surface area contributed by atoms with Crippen molar-refractivity contribution in [2.45, 2.75) is 297 Å². The van der Waals surface area contributed by atoms with Gasteiger partial charge in [-0.25, -0.2) is 0 Å². The van der Waals surface area contributed by atoms with Crippen LogP contribution in [0.3, 0.4) is 0 Å². The van der Waals surface area contributed by atoms with E-state index in [4.69, 9.17) is 14.2 Å². The minimum absolute atomic E-state index is 0.0787. The van der Waals surface area contributed by atoms with Gasteiger partial charge >= 0.3 is 17.9 Å². The van der Waals surface area contributed by atoms with Crippen LogP contribution in [-0.2, 0) is 28.6 Å². The van der Waals surface area contributed by atoms with Gasteiger partial charge in [0.15, 0.2) is 6.10 Å². The standard InChI is InChI=1S/C59H106O6/c1-4-7-10-13-16-19-22-25-27-28-29-30-32-34-37-40-43-46-49-52-58(61)64-55-56(54-63-57(60)51-48-45-42-39-36-33-24-21-18-15-12-9-6-3)65-59(62)53-50-47-44-41-38-35-31-26-23-20-17-14-11-8-5-2/h9,12,15,18,20-21,23-24,56H,4-8,10-11,13-14,16-17,19,22,25-55H2,1-3H3/b12-9-,18-15-,23-20-,24-21-. The summed E-state index contributed by atoms with van der Waals surface area (Å²) in [6.45, 7) is 6.51. The van der Waals surface area contributed by atoms with Crippen LogP contribution in [0.2, 0.25) is 0 Å². The Morgan fingerprint density at radius 3 is 0.985 bits per heavy atom. The first-order valence-electron chi connectivity index (χ1n) is 28.2. The number of hydrogen-bond donors (Lipinski definition) is 0. The number of rotatable bonds is 51. The molecule has 0 aromatic heterocycles. The third kappa shape index (κ3) is 52.2. The molecule has 0 aliphatic carbocycles. The summed E-state index contributed by atoms with van der Waals surface area (Å²) in [5.74, 6) is -0.892. The molecule has 0 radical (unpaired) electrons. The molecule has 0 saturated heterocycles. The zero-order valence-electron chi connectivity index (χ0n) is 43.3. The molecular formula is C59H106O6. The van der Waals surface area contributed by atoms with E-state index in [9.17, 15) is 14.4 Å². The lowest BCUT2D eigenvalue weighted by Gasteiger charge is -2.18. The predicted molar refractivity (Wildman–Crippen MR) is 279 cm³/mol. The van der Waals surface area contributed by atoms with Crippen molar-refractivity contribution in [3.05, 3.63) is 48.6 Å². The van der Waals surface area contributed by atoms with E-state index in [0.29, 0.717) is 19.3 Å². The molecule has 0 rings (SSSR count). The quantitative estimate of drug-likeness (QED) is 0.0199. The molecule has 378 valence electrons. The maximum atomic E-state index is 12.8. The summed E-state index contributed by atoms with van der Waals surface area (Å²) < 4.78 is 16.8. The van der Waals surface area contributed by atoms with Gasteiger partial charge in [0.2, 0.25) is 0 Å². The summed E-state index contributed by atoms with van der Waals surface area (Å²) in [7, 11) is 0. The number of allylic oxidation sites excluding steroid dienone is 8. The number of hydrogen-bond acceptors (Lipinski definition) is 6. The summed E-state index contributed by atoms with van der Waals surface area (Å²) in [5.41, 5.74) is 0. The lowest BCUT2D eigenvalue weighted by molar-refractivity contribution is -0.167. The smallest absolute Gasteiger partial charge is 0.306 e. The summed E-state index contributed by atoms with van der Waals surface area (Å²) >= 11 is 0. The van der Waals surface area contributed by atoms with Crippen LogP contribution < -0.4 is 0 Å². The number of carbonyl (C=O) groups is 3. The van der Waals surface area contributed by atoms with Gasteiger partial charge in [-0.2, -0.15) is 0 Å². The van der Waals surface area contributed by atoms with Gasteiger partial charge in [0.25, 0.3) is 0 Å². The van der Waals surface area contributed by atoms with Gasteiger partial charge in [0.05, 0.1) is 0 Å². The summed E-state index contributed by atoms with van der Waals surface area (Å²) in [6.07, 6.45) is 65.3. The van der Waals surface area contributed by atoms with Crippen molar-refractivity contribution >= 4 is 17.9 Å². The molecule has 0 spiro atoms. The molecule has 0 N–H and O–H groups in total. The van der Waals surface area contributed by atoms with Crippen molar-refractivity contribution < 1.29 is 28.6 Å². The lowest BCUT2D eigenvalue weighted by Crippen LogP contribution is -2.30. The Labute approximate surface area is 403 Å². The van der Waals surface area contributed by atoms with Crippen LogP contribution in [0.25, 0.3) is 0 Å². The second-order valence-electron chi connectivity index (χ2n) is 18.9. The van der Waals surface area contributed by atoms with Crippen LogP contribution >= 0.6 is 0 Å². The highest BCUT2D eigenvalue weighted by Crippen LogP contribution is 2.16. The van der Waals surface area contributed by atoms with Crippen LogP contribution in [0.5, 0.6) is 0 Å². The van der Waals surface area contributed by atoms with E-state index < -0.39 is 6.10 Å². The highest BCUT2D eigenvalue weighted by atomic mass is 16.6. The van der Waals surface area contributed by atoms with Gasteiger partial charge in [-0.05, 0) is 64.2 Å². The van der Waals surface area contributed by atoms with Crippen LogP contribution in [0.4, 0.5) is 0 Å². The topological polar surface area (TPSA) is 78.9 Å². The monoisotopic (exact) mass is 911 g/mol. The van der Waals surface area contributed by atoms with Crippen LogP contribution in [0, 0.1) is 0 Å². The fourth-order valence-corrected chi connectivity index (χ4v) is 8.14. The molecule has 0 aromatic carbocycles. The maximum absolute atomic E-state index is 12.8. The zero-order valence-corrected chi connectivity index (χ0v) is 43.3. The minimum atomic E-state index is -0.781. The van der Waals surface area contributed by atoms with Crippen molar-refractivity contribution in [3.8, 4) is 0 Å². The SMILES string of the molecule is CC\C=C/C=C\C=C/CCCCCCCC(=O)OCC(COC(=O)CCCCCCCCCCCCCCCCCCCCC)OC(=O)CCCCCCCCC/C=C\CCCCCC. The van der Waals surface area contributed by atoms with E-state index in [0.717, 1.165) is 83.5 Å². The second kappa shape index (κ2) is 54.0. The molecule has 0 aliphatic heterocycles. The maximum Gasteiger partial charge on any atom is 0.306 e. The molecule has 1 unspecified atom stereocenters. The third-order valence-corrected chi connectivity index (χ3v) is 12.4. The van der Waals surface area contributed by atoms with Gasteiger partial charge in [0, 0.05) is 19.3 Å². The van der Waals surface area contributed by atoms with Crippen molar-refractivity contribution in [1.82, 2.24) is 0 Å². The molecule has 6 nitrogen and oxygen atoms in total. The molecule has 0 bridgehead atoms. The first kappa shape index (κ1) is 62.4. The first-order valence-corrected chi connectivity index (χ1v) is 28.2. The Bertz CT molecular complexity index is 1140. The van der Waals surface area contributed by atoms with Gasteiger partial charge in [0.1, 0.15) is 13.2 Å². The Morgan fingerprint density at radius 2 is 0.615 bits per heavy atom. The Morgan fingerprint density at radius 1 is 0.323 bits per heavy atom. The van der Waals surface area contributed by atoms with Gasteiger partial charge in [-0.3, -0.25) is 14.4 Å².